The Bertz CT molecular complexity index is 583. The number of rotatable bonds is 4. The average molecular weight is 268 g/mol. The molecule has 0 saturated carbocycles. The van der Waals surface area contributed by atoms with Crippen molar-refractivity contribution in [2.24, 2.45) is 7.05 Å². The Hall–Kier alpha value is -2.08. The van der Waals surface area contributed by atoms with Gasteiger partial charge in [0.25, 0.3) is 0 Å². The molecule has 0 radical (unpaired) electrons. The molecule has 0 N–H and O–H groups in total. The summed E-state index contributed by atoms with van der Waals surface area (Å²) in [5, 5.41) is 14.9. The maximum atomic E-state index is 10.9. The number of ether oxygens (including phenoxy) is 1. The van der Waals surface area contributed by atoms with Gasteiger partial charge in [-0.25, -0.2) is 0 Å². The van der Waals surface area contributed by atoms with E-state index in [1.54, 1.807) is 24.0 Å². The van der Waals surface area contributed by atoms with Crippen LogP contribution in [0.5, 0.6) is 11.5 Å². The van der Waals surface area contributed by atoms with Crippen molar-refractivity contribution in [3.8, 4) is 11.5 Å². The first kappa shape index (κ1) is 12.4. The number of nitro benzene ring substituents is 1. The Morgan fingerprint density at radius 2 is 2.33 bits per heavy atom. The normalized spacial score (nSPS) is 10.3. The molecule has 18 heavy (non-hydrogen) atoms. The molecule has 1 aromatic carbocycles. The summed E-state index contributed by atoms with van der Waals surface area (Å²) in [6.45, 7) is 0. The second-order valence-corrected chi connectivity index (χ2v) is 3.91. The average Bonchev–Trinajstić information content (AvgIpc) is 2.75. The van der Waals surface area contributed by atoms with E-state index in [0.29, 0.717) is 11.3 Å². The Labute approximate surface area is 108 Å². The molecule has 0 bridgehead atoms. The van der Waals surface area contributed by atoms with E-state index in [1.165, 1.54) is 18.3 Å². The van der Waals surface area contributed by atoms with E-state index in [2.05, 4.69) is 5.10 Å². The highest BCUT2D eigenvalue weighted by atomic mass is 35.5. The van der Waals surface area contributed by atoms with Crippen LogP contribution in [-0.4, -0.2) is 14.7 Å². The molecular formula is C11H10ClN3O3. The zero-order chi connectivity index (χ0) is 13.1. The van der Waals surface area contributed by atoms with Crippen molar-refractivity contribution in [1.29, 1.82) is 0 Å². The minimum atomic E-state index is -0.498. The zero-order valence-corrected chi connectivity index (χ0v) is 10.3. The topological polar surface area (TPSA) is 70.2 Å². The van der Waals surface area contributed by atoms with E-state index in [9.17, 15) is 10.1 Å². The maximum absolute atomic E-state index is 10.9. The summed E-state index contributed by atoms with van der Waals surface area (Å²) in [5.41, 5.74) is 0.555. The van der Waals surface area contributed by atoms with Gasteiger partial charge in [0, 0.05) is 19.0 Å². The fourth-order valence-corrected chi connectivity index (χ4v) is 1.62. The van der Waals surface area contributed by atoms with Crippen molar-refractivity contribution in [3.05, 3.63) is 46.3 Å². The van der Waals surface area contributed by atoms with Crippen molar-refractivity contribution in [1.82, 2.24) is 9.78 Å². The first-order valence-corrected chi connectivity index (χ1v) is 5.63. The Morgan fingerprint density at radius 1 is 1.56 bits per heavy atom. The minimum absolute atomic E-state index is 0.114. The predicted octanol–water partition coefficient (Wildman–Crippen LogP) is 2.86. The summed E-state index contributed by atoms with van der Waals surface area (Å²) in [7, 11) is 1.73. The molecule has 0 amide bonds. The van der Waals surface area contributed by atoms with Crippen LogP contribution in [0, 0.1) is 10.1 Å². The maximum Gasteiger partial charge on any atom is 0.311 e. The third-order valence-electron chi connectivity index (χ3n) is 2.28. The van der Waals surface area contributed by atoms with Gasteiger partial charge < -0.3 is 4.74 Å². The van der Waals surface area contributed by atoms with Crippen LogP contribution in [0.4, 0.5) is 5.69 Å². The quantitative estimate of drug-likeness (QED) is 0.485. The van der Waals surface area contributed by atoms with Crippen LogP contribution < -0.4 is 4.74 Å². The van der Waals surface area contributed by atoms with Crippen molar-refractivity contribution < 1.29 is 9.66 Å². The van der Waals surface area contributed by atoms with E-state index in [1.807, 2.05) is 0 Å². The second kappa shape index (κ2) is 5.05. The predicted molar refractivity (Wildman–Crippen MR) is 65.9 cm³/mol. The molecule has 94 valence electrons. The summed E-state index contributed by atoms with van der Waals surface area (Å²) in [5.74, 6) is 0.828. The monoisotopic (exact) mass is 267 g/mol. The van der Waals surface area contributed by atoms with Gasteiger partial charge in [0.15, 0.2) is 5.75 Å². The molecule has 2 rings (SSSR count). The third kappa shape index (κ3) is 2.60. The Morgan fingerprint density at radius 3 is 2.89 bits per heavy atom. The van der Waals surface area contributed by atoms with Gasteiger partial charge in [-0.15, -0.1) is 11.6 Å². The summed E-state index contributed by atoms with van der Waals surface area (Å²) in [6.07, 6.45) is 3.11. The number of hydrogen-bond acceptors (Lipinski definition) is 4. The molecule has 0 spiro atoms. The van der Waals surface area contributed by atoms with Crippen LogP contribution >= 0.6 is 11.6 Å². The molecule has 1 aromatic heterocycles. The first-order valence-electron chi connectivity index (χ1n) is 5.10. The number of aromatic nitrogens is 2. The third-order valence-corrected chi connectivity index (χ3v) is 2.59. The highest BCUT2D eigenvalue weighted by Gasteiger charge is 2.17. The zero-order valence-electron chi connectivity index (χ0n) is 9.54. The van der Waals surface area contributed by atoms with Crippen LogP contribution in [0.1, 0.15) is 5.56 Å². The lowest BCUT2D eigenvalue weighted by Crippen LogP contribution is -1.94. The molecule has 0 aliphatic carbocycles. The van der Waals surface area contributed by atoms with Gasteiger partial charge in [0.2, 0.25) is 5.75 Å². The number of nitro groups is 1. The number of halogens is 1. The molecule has 0 atom stereocenters. The van der Waals surface area contributed by atoms with Gasteiger partial charge in [0.1, 0.15) is 0 Å². The minimum Gasteiger partial charge on any atom is -0.447 e. The van der Waals surface area contributed by atoms with Crippen LogP contribution in [0.15, 0.2) is 30.6 Å². The van der Waals surface area contributed by atoms with E-state index >= 15 is 0 Å². The molecule has 7 heteroatoms. The van der Waals surface area contributed by atoms with Gasteiger partial charge >= 0.3 is 5.69 Å². The Balaban J connectivity index is 2.34. The summed E-state index contributed by atoms with van der Waals surface area (Å²) < 4.78 is 6.97. The number of aryl methyl sites for hydroxylation is 1. The van der Waals surface area contributed by atoms with Gasteiger partial charge in [-0.2, -0.15) is 5.10 Å². The SMILES string of the molecule is Cn1cc(Oc2ccc(CCl)cc2[N+](=O)[O-])cn1. The van der Waals surface area contributed by atoms with Crippen molar-refractivity contribution >= 4 is 17.3 Å². The fourth-order valence-electron chi connectivity index (χ4n) is 1.45. The summed E-state index contributed by atoms with van der Waals surface area (Å²) in [4.78, 5) is 10.4. The molecule has 0 fully saturated rings. The van der Waals surface area contributed by atoms with E-state index < -0.39 is 4.92 Å². The fraction of sp³-hybridized carbons (Fsp3) is 0.182. The van der Waals surface area contributed by atoms with E-state index in [-0.39, 0.29) is 17.3 Å². The number of nitrogens with zero attached hydrogens (tertiary/aromatic N) is 3. The molecule has 0 aliphatic rings. The highest BCUT2D eigenvalue weighted by molar-refractivity contribution is 6.17. The van der Waals surface area contributed by atoms with Crippen molar-refractivity contribution in [3.63, 3.8) is 0 Å². The number of alkyl halides is 1. The smallest absolute Gasteiger partial charge is 0.311 e. The molecule has 6 nitrogen and oxygen atoms in total. The van der Waals surface area contributed by atoms with Crippen LogP contribution in [-0.2, 0) is 12.9 Å². The molecule has 0 aliphatic heterocycles. The van der Waals surface area contributed by atoms with Crippen LogP contribution in [0.3, 0.4) is 0 Å². The van der Waals surface area contributed by atoms with Crippen molar-refractivity contribution in [2.75, 3.05) is 0 Å². The van der Waals surface area contributed by atoms with Gasteiger partial charge in [-0.05, 0) is 11.6 Å². The number of benzene rings is 1. The van der Waals surface area contributed by atoms with Crippen molar-refractivity contribution in [2.45, 2.75) is 5.88 Å². The lowest BCUT2D eigenvalue weighted by atomic mass is 10.2. The largest absolute Gasteiger partial charge is 0.447 e. The van der Waals surface area contributed by atoms with Crippen LogP contribution in [0.2, 0.25) is 0 Å². The molecular weight excluding hydrogens is 258 g/mol. The van der Waals surface area contributed by atoms with E-state index in [0.717, 1.165) is 0 Å². The van der Waals surface area contributed by atoms with Crippen LogP contribution in [0.25, 0.3) is 0 Å². The molecule has 1 heterocycles. The van der Waals surface area contributed by atoms with Gasteiger partial charge in [-0.1, -0.05) is 6.07 Å². The molecule has 0 unspecified atom stereocenters. The van der Waals surface area contributed by atoms with E-state index in [4.69, 9.17) is 16.3 Å². The second-order valence-electron chi connectivity index (χ2n) is 3.64. The first-order chi connectivity index (χ1) is 8.60. The Kier molecular flexibility index (Phi) is 3.47. The summed E-state index contributed by atoms with van der Waals surface area (Å²) in [6, 6.07) is 4.62. The summed E-state index contributed by atoms with van der Waals surface area (Å²) >= 11 is 5.64. The highest BCUT2D eigenvalue weighted by Crippen LogP contribution is 2.32. The standard InChI is InChI=1S/C11H10ClN3O3/c1-14-7-9(6-13-14)18-11-3-2-8(5-12)4-10(11)15(16)17/h2-4,6-7H,5H2,1H3. The van der Waals surface area contributed by atoms with Gasteiger partial charge in [-0.3, -0.25) is 14.8 Å². The van der Waals surface area contributed by atoms with Gasteiger partial charge in [0.05, 0.1) is 17.3 Å². The molecule has 2 aromatic rings. The number of hydrogen-bond donors (Lipinski definition) is 0. The lowest BCUT2D eigenvalue weighted by Gasteiger charge is -2.04. The molecule has 0 saturated heterocycles. The lowest BCUT2D eigenvalue weighted by molar-refractivity contribution is -0.385.